The van der Waals surface area contributed by atoms with Gasteiger partial charge in [0.15, 0.2) is 11.6 Å². The summed E-state index contributed by atoms with van der Waals surface area (Å²) in [6.45, 7) is 5.22. The highest BCUT2D eigenvalue weighted by atomic mass is 16.5. The van der Waals surface area contributed by atoms with E-state index in [1.54, 1.807) is 6.07 Å². The summed E-state index contributed by atoms with van der Waals surface area (Å²) in [6, 6.07) is 7.97. The van der Waals surface area contributed by atoms with Crippen molar-refractivity contribution in [2.75, 3.05) is 24.6 Å². The van der Waals surface area contributed by atoms with E-state index in [2.05, 4.69) is 26.0 Å². The molecule has 2 aromatic rings. The lowest BCUT2D eigenvalue weighted by atomic mass is 9.93. The first-order valence-electron chi connectivity index (χ1n) is 11.5. The van der Waals surface area contributed by atoms with Crippen LogP contribution in [0.5, 0.6) is 6.01 Å². The Morgan fingerprint density at radius 3 is 2.64 bits per heavy atom. The highest BCUT2D eigenvalue weighted by molar-refractivity contribution is 5.92. The molecule has 2 fully saturated rings. The first kappa shape index (κ1) is 22.8. The summed E-state index contributed by atoms with van der Waals surface area (Å²) in [6.07, 6.45) is 3.56. The highest BCUT2D eigenvalue weighted by Crippen LogP contribution is 2.37. The molecule has 0 aromatic carbocycles. The zero-order valence-corrected chi connectivity index (χ0v) is 19.0. The molecule has 1 saturated heterocycles. The number of nitrogens with zero attached hydrogens (tertiary/aromatic N) is 6. The number of hydrogen-bond donors (Lipinski definition) is 0. The molecule has 1 aliphatic heterocycles. The third-order valence-corrected chi connectivity index (χ3v) is 6.17. The highest BCUT2D eigenvalue weighted by Gasteiger charge is 2.38. The number of hydrogen-bond acceptors (Lipinski definition) is 9. The van der Waals surface area contributed by atoms with E-state index in [0.717, 1.165) is 25.0 Å². The van der Waals surface area contributed by atoms with Crippen molar-refractivity contribution in [3.63, 3.8) is 0 Å². The molecule has 33 heavy (non-hydrogen) atoms. The molecule has 0 unspecified atom stereocenters. The lowest BCUT2D eigenvalue weighted by Crippen LogP contribution is -2.35. The second kappa shape index (κ2) is 10.0. The largest absolute Gasteiger partial charge is 0.463 e. The van der Waals surface area contributed by atoms with Crippen molar-refractivity contribution >= 4 is 17.5 Å². The summed E-state index contributed by atoms with van der Waals surface area (Å²) >= 11 is 0. The fraction of sp³-hybridized carbons (Fsp3) is 0.542. The summed E-state index contributed by atoms with van der Waals surface area (Å²) in [4.78, 5) is 43.9. The van der Waals surface area contributed by atoms with Crippen LogP contribution >= 0.6 is 0 Å². The Labute approximate surface area is 193 Å². The average molecular weight is 449 g/mol. The van der Waals surface area contributed by atoms with Gasteiger partial charge in [0.1, 0.15) is 5.69 Å². The predicted molar refractivity (Wildman–Crippen MR) is 120 cm³/mol. The number of Topliss-reactive ketones (excluding diaryl/α,β-unsaturated/α-hetero) is 2. The van der Waals surface area contributed by atoms with Crippen LogP contribution in [0, 0.1) is 23.2 Å². The molecule has 1 saturated carbocycles. The number of rotatable bonds is 9. The van der Waals surface area contributed by atoms with E-state index in [0.29, 0.717) is 44.2 Å². The molecule has 0 radical (unpaired) electrons. The molecule has 0 N–H and O–H groups in total. The predicted octanol–water partition coefficient (Wildman–Crippen LogP) is 3.37. The van der Waals surface area contributed by atoms with E-state index in [4.69, 9.17) is 10.00 Å². The summed E-state index contributed by atoms with van der Waals surface area (Å²) in [5.41, 5.74) is 1.42. The molecule has 2 aromatic heterocycles. The van der Waals surface area contributed by atoms with Crippen LogP contribution in [0.15, 0.2) is 18.2 Å². The Bertz CT molecular complexity index is 1070. The number of aromatic nitrogens is 4. The fourth-order valence-corrected chi connectivity index (χ4v) is 4.04. The van der Waals surface area contributed by atoms with E-state index in [-0.39, 0.29) is 41.2 Å². The Morgan fingerprint density at radius 2 is 1.97 bits per heavy atom. The number of ether oxygens (including phenoxy) is 1. The molecule has 172 valence electrons. The van der Waals surface area contributed by atoms with E-state index >= 15 is 0 Å². The Kier molecular flexibility index (Phi) is 6.92. The maximum absolute atomic E-state index is 12.5. The van der Waals surface area contributed by atoms with Crippen molar-refractivity contribution in [2.24, 2.45) is 11.8 Å². The minimum Gasteiger partial charge on any atom is -0.463 e. The van der Waals surface area contributed by atoms with E-state index in [1.165, 1.54) is 6.92 Å². The van der Waals surface area contributed by atoms with Gasteiger partial charge in [0.25, 0.3) is 0 Å². The zero-order chi connectivity index (χ0) is 23.4. The van der Waals surface area contributed by atoms with Crippen molar-refractivity contribution in [1.82, 2.24) is 19.9 Å². The molecule has 4 rings (SSSR count). The average Bonchev–Trinajstić information content (AvgIpc) is 3.61. The fourth-order valence-electron chi connectivity index (χ4n) is 4.04. The van der Waals surface area contributed by atoms with Gasteiger partial charge in [-0.15, -0.1) is 0 Å². The van der Waals surface area contributed by atoms with Crippen molar-refractivity contribution in [1.29, 1.82) is 5.26 Å². The maximum Gasteiger partial charge on any atom is 0.321 e. The van der Waals surface area contributed by atoms with Crippen LogP contribution in [0.25, 0.3) is 0 Å². The first-order valence-corrected chi connectivity index (χ1v) is 11.5. The Balaban J connectivity index is 1.47. The second-order valence-electron chi connectivity index (χ2n) is 8.72. The van der Waals surface area contributed by atoms with Crippen molar-refractivity contribution < 1.29 is 14.3 Å². The summed E-state index contributed by atoms with van der Waals surface area (Å²) in [5.74, 6) is 0.868. The molecule has 1 aliphatic carbocycles. The van der Waals surface area contributed by atoms with Gasteiger partial charge in [-0.3, -0.25) is 9.59 Å². The zero-order valence-electron chi connectivity index (χ0n) is 19.0. The SMILES string of the molecule is CCCC(=O)c1nc(OC[C@H]2C[C@H]2C#N)nc(N2CCC(c3cccc(C(C)=O)n3)CC2)n1. The summed E-state index contributed by atoms with van der Waals surface area (Å²) < 4.78 is 5.75. The Morgan fingerprint density at radius 1 is 1.18 bits per heavy atom. The van der Waals surface area contributed by atoms with Crippen LogP contribution in [0.3, 0.4) is 0 Å². The quantitative estimate of drug-likeness (QED) is 0.531. The van der Waals surface area contributed by atoms with Crippen LogP contribution < -0.4 is 9.64 Å². The van der Waals surface area contributed by atoms with Gasteiger partial charge in [0.05, 0.1) is 18.6 Å². The molecule has 0 spiro atoms. The molecule has 9 nitrogen and oxygen atoms in total. The van der Waals surface area contributed by atoms with Gasteiger partial charge in [-0.25, -0.2) is 4.98 Å². The first-order chi connectivity index (χ1) is 16.0. The van der Waals surface area contributed by atoms with Crippen molar-refractivity contribution in [3.05, 3.63) is 35.4 Å². The number of piperidine rings is 1. The summed E-state index contributed by atoms with van der Waals surface area (Å²) in [7, 11) is 0. The second-order valence-corrected chi connectivity index (χ2v) is 8.72. The molecule has 2 aliphatic rings. The molecule has 9 heteroatoms. The monoisotopic (exact) mass is 448 g/mol. The minimum atomic E-state index is -0.132. The van der Waals surface area contributed by atoms with Crippen molar-refractivity contribution in [2.45, 2.75) is 51.9 Å². The van der Waals surface area contributed by atoms with E-state index in [9.17, 15) is 9.59 Å². The van der Waals surface area contributed by atoms with Gasteiger partial charge < -0.3 is 9.64 Å². The van der Waals surface area contributed by atoms with Gasteiger partial charge in [-0.1, -0.05) is 13.0 Å². The van der Waals surface area contributed by atoms with Crippen LogP contribution in [0.1, 0.15) is 78.7 Å². The van der Waals surface area contributed by atoms with Crippen molar-refractivity contribution in [3.8, 4) is 12.1 Å². The molecule has 0 bridgehead atoms. The molecule has 2 atom stereocenters. The van der Waals surface area contributed by atoms with E-state index in [1.807, 2.05) is 24.0 Å². The van der Waals surface area contributed by atoms with Gasteiger partial charge in [-0.05, 0) is 37.8 Å². The van der Waals surface area contributed by atoms with Gasteiger partial charge in [0, 0.05) is 44.0 Å². The number of nitriles is 1. The van der Waals surface area contributed by atoms with Gasteiger partial charge in [-0.2, -0.15) is 20.2 Å². The third-order valence-electron chi connectivity index (χ3n) is 6.17. The number of carbonyl (C=O) groups excluding carboxylic acids is 2. The number of pyridine rings is 1. The van der Waals surface area contributed by atoms with Crippen LogP contribution in [0.2, 0.25) is 0 Å². The molecular weight excluding hydrogens is 420 g/mol. The Hall–Kier alpha value is -3.41. The number of ketones is 2. The lowest BCUT2D eigenvalue weighted by Gasteiger charge is -2.32. The normalized spacial score (nSPS) is 20.2. The van der Waals surface area contributed by atoms with E-state index < -0.39 is 0 Å². The van der Waals surface area contributed by atoms with Gasteiger partial charge in [0.2, 0.25) is 11.8 Å². The number of anilines is 1. The molecule has 0 amide bonds. The maximum atomic E-state index is 12.5. The lowest BCUT2D eigenvalue weighted by molar-refractivity contribution is 0.0968. The van der Waals surface area contributed by atoms with Crippen LogP contribution in [-0.2, 0) is 0 Å². The minimum absolute atomic E-state index is 0.0293. The summed E-state index contributed by atoms with van der Waals surface area (Å²) in [5, 5.41) is 8.99. The number of carbonyl (C=O) groups is 2. The standard InChI is InChI=1S/C24H28N6O3/c1-3-5-21(32)22-27-23(29-24(28-22)33-14-18-12-17(18)13-25)30-10-8-16(9-11-30)20-7-4-6-19(26-20)15(2)31/h4,6-7,16-18H,3,5,8-12,14H2,1-2H3/t17-,18+/m0/s1. The smallest absolute Gasteiger partial charge is 0.321 e. The molecular formula is C24H28N6O3. The van der Waals surface area contributed by atoms with Crippen LogP contribution in [-0.4, -0.2) is 51.2 Å². The van der Waals surface area contributed by atoms with Crippen LogP contribution in [0.4, 0.5) is 5.95 Å². The third kappa shape index (κ3) is 5.51. The topological polar surface area (TPSA) is 122 Å². The van der Waals surface area contributed by atoms with Gasteiger partial charge >= 0.3 is 6.01 Å². The molecule has 3 heterocycles.